The zero-order valence-electron chi connectivity index (χ0n) is 14.9. The minimum atomic E-state index is -0.343. The topological polar surface area (TPSA) is 64.1 Å². The molecule has 0 saturated carbocycles. The van der Waals surface area contributed by atoms with Gasteiger partial charge in [-0.15, -0.1) is 10.2 Å². The summed E-state index contributed by atoms with van der Waals surface area (Å²) >= 11 is 2.83. The minimum absolute atomic E-state index is 0.0107. The van der Waals surface area contributed by atoms with Crippen molar-refractivity contribution in [2.24, 2.45) is 0 Å². The Bertz CT molecular complexity index is 946. The van der Waals surface area contributed by atoms with Gasteiger partial charge in [0.2, 0.25) is 5.13 Å². The first-order chi connectivity index (χ1) is 13.1. The lowest BCUT2D eigenvalue weighted by molar-refractivity contribution is 0.101. The van der Waals surface area contributed by atoms with E-state index in [1.807, 2.05) is 19.1 Å². The third-order valence-corrected chi connectivity index (χ3v) is 5.66. The summed E-state index contributed by atoms with van der Waals surface area (Å²) in [7, 11) is 0. The van der Waals surface area contributed by atoms with Crippen molar-refractivity contribution in [2.45, 2.75) is 23.9 Å². The molecule has 1 N–H and O–H groups in total. The maximum absolute atomic E-state index is 13.7. The Kier molecular flexibility index (Phi) is 6.41. The lowest BCUT2D eigenvalue weighted by Gasteiger charge is -2.10. The maximum Gasteiger partial charge on any atom is 0.210 e. The number of rotatable bonds is 8. The van der Waals surface area contributed by atoms with Crippen LogP contribution in [-0.4, -0.2) is 22.6 Å². The number of carbonyl (C=O) groups excluding carboxylic acids is 1. The van der Waals surface area contributed by atoms with Gasteiger partial charge in [-0.2, -0.15) is 0 Å². The van der Waals surface area contributed by atoms with E-state index < -0.39 is 0 Å². The predicted octanol–water partition coefficient (Wildman–Crippen LogP) is 5.31. The van der Waals surface area contributed by atoms with Gasteiger partial charge in [0.1, 0.15) is 11.6 Å². The number of anilines is 2. The highest BCUT2D eigenvalue weighted by Gasteiger charge is 2.11. The number of hydrogen-bond donors (Lipinski definition) is 1. The average molecular weight is 404 g/mol. The van der Waals surface area contributed by atoms with Crippen LogP contribution in [0.25, 0.3) is 0 Å². The van der Waals surface area contributed by atoms with Crippen LogP contribution < -0.4 is 10.1 Å². The molecule has 3 rings (SSSR count). The number of para-hydroxylation sites is 1. The molecule has 1 aromatic heterocycles. The molecule has 27 heavy (non-hydrogen) atoms. The summed E-state index contributed by atoms with van der Waals surface area (Å²) in [6, 6.07) is 11.8. The van der Waals surface area contributed by atoms with Crippen LogP contribution in [0.15, 0.2) is 46.8 Å². The Labute approximate surface area is 165 Å². The van der Waals surface area contributed by atoms with Crippen molar-refractivity contribution in [2.75, 3.05) is 11.9 Å². The molecule has 140 valence electrons. The first-order valence-electron chi connectivity index (χ1n) is 8.31. The van der Waals surface area contributed by atoms with Gasteiger partial charge in [0.25, 0.3) is 0 Å². The molecule has 0 fully saturated rings. The maximum atomic E-state index is 13.7. The van der Waals surface area contributed by atoms with E-state index in [0.717, 1.165) is 15.7 Å². The minimum Gasteiger partial charge on any atom is -0.494 e. The SMILES string of the molecule is CCOc1ccc(C(C)=O)cc1CSc1nnc(Nc2ccccc2F)s1. The molecule has 3 aromatic rings. The van der Waals surface area contributed by atoms with E-state index in [4.69, 9.17) is 4.74 Å². The molecule has 0 spiro atoms. The smallest absolute Gasteiger partial charge is 0.210 e. The van der Waals surface area contributed by atoms with Crippen molar-refractivity contribution in [1.29, 1.82) is 0 Å². The van der Waals surface area contributed by atoms with Crippen molar-refractivity contribution in [3.8, 4) is 5.75 Å². The van der Waals surface area contributed by atoms with E-state index >= 15 is 0 Å². The Hall–Kier alpha value is -2.45. The molecule has 0 aliphatic rings. The van der Waals surface area contributed by atoms with E-state index in [1.54, 1.807) is 24.3 Å². The zero-order chi connectivity index (χ0) is 19.2. The number of hydrogen-bond acceptors (Lipinski definition) is 7. The lowest BCUT2D eigenvalue weighted by Crippen LogP contribution is -1.99. The molecular formula is C19H18FN3O2S2. The number of thioether (sulfide) groups is 1. The highest BCUT2D eigenvalue weighted by molar-refractivity contribution is 8.00. The van der Waals surface area contributed by atoms with E-state index in [2.05, 4.69) is 15.5 Å². The molecule has 0 amide bonds. The first kappa shape index (κ1) is 19.3. The van der Waals surface area contributed by atoms with Crippen molar-refractivity contribution >= 4 is 39.7 Å². The van der Waals surface area contributed by atoms with Gasteiger partial charge >= 0.3 is 0 Å². The van der Waals surface area contributed by atoms with Crippen molar-refractivity contribution < 1.29 is 13.9 Å². The van der Waals surface area contributed by atoms with Gasteiger partial charge in [0, 0.05) is 16.9 Å². The van der Waals surface area contributed by atoms with Crippen molar-refractivity contribution in [3.05, 3.63) is 59.4 Å². The molecular weight excluding hydrogens is 385 g/mol. The van der Waals surface area contributed by atoms with Crippen LogP contribution in [0.4, 0.5) is 15.2 Å². The van der Waals surface area contributed by atoms with Crippen LogP contribution in [0.3, 0.4) is 0 Å². The number of carbonyl (C=O) groups is 1. The van der Waals surface area contributed by atoms with Crippen molar-refractivity contribution in [3.63, 3.8) is 0 Å². The van der Waals surface area contributed by atoms with Gasteiger partial charge in [-0.3, -0.25) is 4.79 Å². The van der Waals surface area contributed by atoms with Gasteiger partial charge in [0.15, 0.2) is 10.1 Å². The van der Waals surface area contributed by atoms with Crippen LogP contribution in [-0.2, 0) is 5.75 Å². The van der Waals surface area contributed by atoms with E-state index in [0.29, 0.717) is 28.7 Å². The second-order valence-electron chi connectivity index (χ2n) is 5.58. The molecule has 0 aliphatic carbocycles. The number of nitrogens with zero attached hydrogens (tertiary/aromatic N) is 2. The predicted molar refractivity (Wildman–Crippen MR) is 107 cm³/mol. The fraction of sp³-hybridized carbons (Fsp3) is 0.211. The zero-order valence-corrected chi connectivity index (χ0v) is 16.5. The Morgan fingerprint density at radius 1 is 1.26 bits per heavy atom. The van der Waals surface area contributed by atoms with E-state index in [-0.39, 0.29) is 11.6 Å². The van der Waals surface area contributed by atoms with Gasteiger partial charge in [-0.1, -0.05) is 35.2 Å². The van der Waals surface area contributed by atoms with Gasteiger partial charge in [-0.05, 0) is 44.2 Å². The number of benzene rings is 2. The molecule has 0 radical (unpaired) electrons. The third kappa shape index (κ3) is 5.05. The van der Waals surface area contributed by atoms with Crippen LogP contribution in [0, 0.1) is 5.82 Å². The van der Waals surface area contributed by atoms with E-state index in [1.165, 1.54) is 36.1 Å². The Morgan fingerprint density at radius 2 is 2.07 bits per heavy atom. The molecule has 0 saturated heterocycles. The first-order valence-corrected chi connectivity index (χ1v) is 10.1. The molecule has 8 heteroatoms. The largest absolute Gasteiger partial charge is 0.494 e. The second-order valence-corrected chi connectivity index (χ2v) is 7.78. The van der Waals surface area contributed by atoms with Gasteiger partial charge in [0.05, 0.1) is 12.3 Å². The fourth-order valence-corrected chi connectivity index (χ4v) is 4.09. The monoisotopic (exact) mass is 403 g/mol. The number of halogens is 1. The molecule has 1 heterocycles. The second kappa shape index (κ2) is 8.96. The number of ether oxygens (including phenoxy) is 1. The average Bonchev–Trinajstić information content (AvgIpc) is 3.10. The number of Topliss-reactive ketones (excluding diaryl/α,β-unsaturated/α-hetero) is 1. The third-order valence-electron chi connectivity index (χ3n) is 3.64. The molecule has 0 bridgehead atoms. The molecule has 0 aliphatic heterocycles. The molecule has 2 aromatic carbocycles. The summed E-state index contributed by atoms with van der Waals surface area (Å²) < 4.78 is 20.1. The highest BCUT2D eigenvalue weighted by Crippen LogP contribution is 2.33. The fourth-order valence-electron chi connectivity index (χ4n) is 2.34. The molecule has 0 unspecified atom stereocenters. The number of ketones is 1. The summed E-state index contributed by atoms with van der Waals surface area (Å²) in [6.07, 6.45) is 0. The van der Waals surface area contributed by atoms with E-state index in [9.17, 15) is 9.18 Å². The van der Waals surface area contributed by atoms with Crippen LogP contribution in [0.2, 0.25) is 0 Å². The lowest BCUT2D eigenvalue weighted by atomic mass is 10.1. The molecule has 0 atom stereocenters. The van der Waals surface area contributed by atoms with Crippen LogP contribution in [0.1, 0.15) is 29.8 Å². The highest BCUT2D eigenvalue weighted by atomic mass is 32.2. The standard InChI is InChI=1S/C19H18FN3O2S2/c1-3-25-17-9-8-13(12(2)24)10-14(17)11-26-19-23-22-18(27-19)21-16-7-5-4-6-15(16)20/h4-10H,3,11H2,1-2H3,(H,21,22). The van der Waals surface area contributed by atoms with Gasteiger partial charge in [-0.25, -0.2) is 4.39 Å². The summed E-state index contributed by atoms with van der Waals surface area (Å²) in [5.74, 6) is 1.01. The quantitative estimate of drug-likeness (QED) is 0.406. The van der Waals surface area contributed by atoms with Crippen molar-refractivity contribution in [1.82, 2.24) is 10.2 Å². The number of aromatic nitrogens is 2. The number of nitrogens with one attached hydrogen (secondary N) is 1. The van der Waals surface area contributed by atoms with Gasteiger partial charge < -0.3 is 10.1 Å². The summed E-state index contributed by atoms with van der Waals surface area (Å²) in [5.41, 5.74) is 1.93. The Morgan fingerprint density at radius 3 is 2.81 bits per heavy atom. The van der Waals surface area contributed by atoms with Crippen LogP contribution in [0.5, 0.6) is 5.75 Å². The summed E-state index contributed by atoms with van der Waals surface area (Å²) in [6.45, 7) is 4.01. The normalized spacial score (nSPS) is 10.6. The summed E-state index contributed by atoms with van der Waals surface area (Å²) in [5, 5.41) is 11.6. The van der Waals surface area contributed by atoms with Crippen LogP contribution >= 0.6 is 23.1 Å². The summed E-state index contributed by atoms with van der Waals surface area (Å²) in [4.78, 5) is 11.6. The molecule has 5 nitrogen and oxygen atoms in total. The Balaban J connectivity index is 1.70.